The van der Waals surface area contributed by atoms with Crippen molar-refractivity contribution in [2.75, 3.05) is 6.54 Å². The first-order chi connectivity index (χ1) is 10.9. The lowest BCUT2D eigenvalue weighted by atomic mass is 10.0. The minimum atomic E-state index is -3.43. The molecule has 0 saturated heterocycles. The van der Waals surface area contributed by atoms with Gasteiger partial charge in [-0.2, -0.15) is 0 Å². The van der Waals surface area contributed by atoms with Gasteiger partial charge in [-0.3, -0.25) is 4.79 Å². The third-order valence-corrected chi connectivity index (χ3v) is 8.39. The Kier molecular flexibility index (Phi) is 6.48. The van der Waals surface area contributed by atoms with E-state index < -0.39 is 15.1 Å². The Labute approximate surface area is 140 Å². The Morgan fingerprint density at radius 1 is 1.09 bits per heavy atom. The van der Waals surface area contributed by atoms with Gasteiger partial charge in [0.25, 0.3) is 0 Å². The van der Waals surface area contributed by atoms with Crippen molar-refractivity contribution < 1.29 is 13.2 Å². The van der Waals surface area contributed by atoms with E-state index in [1.807, 2.05) is 13.8 Å². The molecule has 2 aliphatic rings. The standard InChI is InChI=1S/C17H32N2O3S/c1-12(2)16(23(21,22)14-8-4-3-5-9-14)17(20)19-15-10-6-7-13(15)11-18/h12-16H,3-11,18H2,1-2H3,(H,19,20). The van der Waals surface area contributed by atoms with Gasteiger partial charge in [-0.05, 0) is 44.1 Å². The Balaban J connectivity index is 2.12. The maximum Gasteiger partial charge on any atom is 0.238 e. The molecule has 0 radical (unpaired) electrons. The largest absolute Gasteiger partial charge is 0.352 e. The summed E-state index contributed by atoms with van der Waals surface area (Å²) in [4.78, 5) is 12.8. The highest BCUT2D eigenvalue weighted by Gasteiger charge is 2.42. The van der Waals surface area contributed by atoms with Crippen molar-refractivity contribution in [3.05, 3.63) is 0 Å². The normalized spacial score (nSPS) is 28.0. The van der Waals surface area contributed by atoms with Crippen molar-refractivity contribution in [2.45, 2.75) is 81.8 Å². The molecule has 23 heavy (non-hydrogen) atoms. The summed E-state index contributed by atoms with van der Waals surface area (Å²) in [6, 6.07) is 0.0373. The fourth-order valence-electron chi connectivity index (χ4n) is 4.21. The van der Waals surface area contributed by atoms with E-state index in [4.69, 9.17) is 5.73 Å². The van der Waals surface area contributed by atoms with E-state index in [0.717, 1.165) is 38.5 Å². The zero-order chi connectivity index (χ0) is 17.0. The van der Waals surface area contributed by atoms with E-state index in [1.54, 1.807) is 0 Å². The van der Waals surface area contributed by atoms with Crippen LogP contribution in [0.3, 0.4) is 0 Å². The first-order valence-corrected chi connectivity index (χ1v) is 10.7. The molecule has 0 aromatic heterocycles. The van der Waals surface area contributed by atoms with Crippen LogP contribution in [0, 0.1) is 11.8 Å². The fourth-order valence-corrected chi connectivity index (χ4v) is 6.74. The molecule has 134 valence electrons. The summed E-state index contributed by atoms with van der Waals surface area (Å²) in [6.07, 6.45) is 7.38. The molecule has 0 spiro atoms. The van der Waals surface area contributed by atoms with Gasteiger partial charge in [0.05, 0.1) is 5.25 Å². The summed E-state index contributed by atoms with van der Waals surface area (Å²) < 4.78 is 26.0. The minimum absolute atomic E-state index is 0.0373. The van der Waals surface area contributed by atoms with Crippen molar-refractivity contribution in [1.82, 2.24) is 5.32 Å². The molecular formula is C17H32N2O3S. The molecule has 2 saturated carbocycles. The summed E-state index contributed by atoms with van der Waals surface area (Å²) >= 11 is 0. The van der Waals surface area contributed by atoms with E-state index >= 15 is 0 Å². The van der Waals surface area contributed by atoms with Crippen LogP contribution in [0.5, 0.6) is 0 Å². The van der Waals surface area contributed by atoms with Gasteiger partial charge in [0.1, 0.15) is 5.25 Å². The molecule has 3 N–H and O–H groups in total. The smallest absolute Gasteiger partial charge is 0.238 e. The third-order valence-electron chi connectivity index (χ3n) is 5.52. The van der Waals surface area contributed by atoms with Gasteiger partial charge in [0.2, 0.25) is 5.91 Å². The Morgan fingerprint density at radius 3 is 2.30 bits per heavy atom. The number of nitrogens with two attached hydrogens (primary N) is 1. The van der Waals surface area contributed by atoms with Gasteiger partial charge in [-0.1, -0.05) is 39.5 Å². The zero-order valence-electron chi connectivity index (χ0n) is 14.5. The van der Waals surface area contributed by atoms with E-state index in [9.17, 15) is 13.2 Å². The predicted octanol–water partition coefficient (Wildman–Crippen LogP) is 2.00. The number of carbonyl (C=O) groups excluding carboxylic acids is 1. The van der Waals surface area contributed by atoms with Crippen LogP contribution in [-0.4, -0.2) is 37.4 Å². The molecule has 3 unspecified atom stereocenters. The van der Waals surface area contributed by atoms with Crippen LogP contribution in [0.15, 0.2) is 0 Å². The Hall–Kier alpha value is -0.620. The molecule has 2 fully saturated rings. The average Bonchev–Trinajstić information content (AvgIpc) is 2.94. The van der Waals surface area contributed by atoms with Gasteiger partial charge in [-0.25, -0.2) is 8.42 Å². The second-order valence-corrected chi connectivity index (χ2v) is 9.91. The van der Waals surface area contributed by atoms with Gasteiger partial charge in [0.15, 0.2) is 9.84 Å². The Morgan fingerprint density at radius 2 is 1.74 bits per heavy atom. The third kappa shape index (κ3) is 4.27. The maximum absolute atomic E-state index is 13.0. The second kappa shape index (κ2) is 7.97. The van der Waals surface area contributed by atoms with Crippen molar-refractivity contribution in [1.29, 1.82) is 0 Å². The molecule has 2 rings (SSSR count). The summed E-state index contributed by atoms with van der Waals surface area (Å²) in [5, 5.41) is 1.74. The minimum Gasteiger partial charge on any atom is -0.352 e. The number of nitrogens with one attached hydrogen (secondary N) is 1. The molecule has 0 aliphatic heterocycles. The van der Waals surface area contributed by atoms with Gasteiger partial charge < -0.3 is 11.1 Å². The molecule has 0 aromatic carbocycles. The predicted molar refractivity (Wildman–Crippen MR) is 92.7 cm³/mol. The average molecular weight is 345 g/mol. The molecular weight excluding hydrogens is 312 g/mol. The van der Waals surface area contributed by atoms with Crippen LogP contribution < -0.4 is 11.1 Å². The highest BCUT2D eigenvalue weighted by Crippen LogP contribution is 2.30. The first-order valence-electron chi connectivity index (χ1n) is 9.11. The van der Waals surface area contributed by atoms with Crippen LogP contribution >= 0.6 is 0 Å². The lowest BCUT2D eigenvalue weighted by molar-refractivity contribution is -0.122. The number of hydrogen-bond acceptors (Lipinski definition) is 4. The SMILES string of the molecule is CC(C)C(C(=O)NC1CCCC1CN)S(=O)(=O)C1CCCCC1. The quantitative estimate of drug-likeness (QED) is 0.771. The highest BCUT2D eigenvalue weighted by molar-refractivity contribution is 7.93. The highest BCUT2D eigenvalue weighted by atomic mass is 32.2. The molecule has 0 aromatic rings. The summed E-state index contributed by atoms with van der Waals surface area (Å²) in [7, 11) is -3.43. The van der Waals surface area contributed by atoms with Crippen LogP contribution in [0.1, 0.15) is 65.2 Å². The number of carbonyl (C=O) groups is 1. The zero-order valence-corrected chi connectivity index (χ0v) is 15.3. The van der Waals surface area contributed by atoms with Crippen LogP contribution in [-0.2, 0) is 14.6 Å². The number of rotatable bonds is 6. The topological polar surface area (TPSA) is 89.3 Å². The maximum atomic E-state index is 13.0. The molecule has 1 amide bonds. The van der Waals surface area contributed by atoms with Crippen molar-refractivity contribution in [3.8, 4) is 0 Å². The van der Waals surface area contributed by atoms with Crippen LogP contribution in [0.25, 0.3) is 0 Å². The van der Waals surface area contributed by atoms with E-state index in [0.29, 0.717) is 19.4 Å². The van der Waals surface area contributed by atoms with Crippen molar-refractivity contribution >= 4 is 15.7 Å². The molecule has 0 heterocycles. The van der Waals surface area contributed by atoms with E-state index in [1.165, 1.54) is 0 Å². The second-order valence-electron chi connectivity index (χ2n) is 7.56. The number of hydrogen-bond donors (Lipinski definition) is 2. The van der Waals surface area contributed by atoms with E-state index in [-0.39, 0.29) is 29.0 Å². The van der Waals surface area contributed by atoms with Crippen LogP contribution in [0.2, 0.25) is 0 Å². The fraction of sp³-hybridized carbons (Fsp3) is 0.941. The van der Waals surface area contributed by atoms with Gasteiger partial charge >= 0.3 is 0 Å². The van der Waals surface area contributed by atoms with Crippen molar-refractivity contribution in [3.63, 3.8) is 0 Å². The van der Waals surface area contributed by atoms with Crippen LogP contribution in [0.4, 0.5) is 0 Å². The lowest BCUT2D eigenvalue weighted by Crippen LogP contribution is -2.51. The van der Waals surface area contributed by atoms with E-state index in [2.05, 4.69) is 5.32 Å². The summed E-state index contributed by atoms with van der Waals surface area (Å²) in [5.41, 5.74) is 5.77. The summed E-state index contributed by atoms with van der Waals surface area (Å²) in [6.45, 7) is 4.21. The van der Waals surface area contributed by atoms with Crippen molar-refractivity contribution in [2.24, 2.45) is 17.6 Å². The molecule has 6 heteroatoms. The molecule has 3 atom stereocenters. The number of sulfone groups is 1. The van der Waals surface area contributed by atoms with Gasteiger partial charge in [-0.15, -0.1) is 0 Å². The first kappa shape index (κ1) is 18.7. The summed E-state index contributed by atoms with van der Waals surface area (Å²) in [5.74, 6) is -0.236. The molecule has 0 bridgehead atoms. The molecule has 2 aliphatic carbocycles. The molecule has 5 nitrogen and oxygen atoms in total. The Bertz CT molecular complexity index is 498. The van der Waals surface area contributed by atoms with Gasteiger partial charge in [0, 0.05) is 6.04 Å². The number of amides is 1. The monoisotopic (exact) mass is 344 g/mol. The lowest BCUT2D eigenvalue weighted by Gasteiger charge is -2.30.